The number of carbonyl (C=O) groups excluding carboxylic acids is 1. The van der Waals surface area contributed by atoms with Gasteiger partial charge in [0.15, 0.2) is 0 Å². The van der Waals surface area contributed by atoms with Gasteiger partial charge < -0.3 is 18.6 Å². The molecule has 1 N–H and O–H groups in total. The first kappa shape index (κ1) is 17.8. The number of hydrogen-bond acceptors (Lipinski definition) is 7. The lowest BCUT2D eigenvalue weighted by Gasteiger charge is -2.11. The smallest absolute Gasteiger partial charge is 0.322 e. The molecule has 0 unspecified atom stereocenters. The van der Waals surface area contributed by atoms with E-state index in [-0.39, 0.29) is 17.8 Å². The van der Waals surface area contributed by atoms with Crippen molar-refractivity contribution in [3.63, 3.8) is 0 Å². The highest BCUT2D eigenvalue weighted by atomic mass is 16.6. The Labute approximate surface area is 151 Å². The fourth-order valence-electron chi connectivity index (χ4n) is 2.27. The van der Waals surface area contributed by atoms with Crippen LogP contribution >= 0.6 is 0 Å². The Kier molecular flexibility index (Phi) is 6.08. The van der Waals surface area contributed by atoms with E-state index in [4.69, 9.17) is 18.6 Å². The molecule has 1 amide bonds. The highest BCUT2D eigenvalue weighted by molar-refractivity contribution is 6.03. The van der Waals surface area contributed by atoms with Crippen LogP contribution in [0.1, 0.15) is 42.4 Å². The molecule has 3 rings (SSSR count). The zero-order valence-electron chi connectivity index (χ0n) is 14.6. The van der Waals surface area contributed by atoms with Crippen molar-refractivity contribution in [3.05, 3.63) is 42.0 Å². The van der Waals surface area contributed by atoms with Crippen molar-refractivity contribution in [3.8, 4) is 5.75 Å². The van der Waals surface area contributed by atoms with Crippen molar-refractivity contribution >= 4 is 17.7 Å². The summed E-state index contributed by atoms with van der Waals surface area (Å²) in [6, 6.07) is 6.88. The number of unbranched alkanes of at least 4 members (excludes halogenated alkanes) is 2. The second-order valence-corrected chi connectivity index (χ2v) is 5.65. The first-order valence-electron chi connectivity index (χ1n) is 8.59. The summed E-state index contributed by atoms with van der Waals surface area (Å²) in [5.74, 6) is 0.872. The second-order valence-electron chi connectivity index (χ2n) is 5.65. The molecule has 1 aromatic carbocycles. The first-order chi connectivity index (χ1) is 12.8. The molecule has 8 nitrogen and oxygen atoms in total. The van der Waals surface area contributed by atoms with E-state index in [1.54, 1.807) is 24.3 Å². The molecule has 138 valence electrons. The van der Waals surface area contributed by atoms with Gasteiger partial charge in [-0.1, -0.05) is 24.9 Å². The van der Waals surface area contributed by atoms with Crippen molar-refractivity contribution in [2.24, 2.45) is 0 Å². The number of benzene rings is 1. The van der Waals surface area contributed by atoms with Crippen LogP contribution in [0.3, 0.4) is 0 Å². The zero-order chi connectivity index (χ0) is 18.2. The van der Waals surface area contributed by atoms with Crippen LogP contribution in [-0.2, 0) is 9.47 Å². The van der Waals surface area contributed by atoms with Crippen LogP contribution in [0.4, 0.5) is 6.01 Å². The molecule has 0 saturated heterocycles. The summed E-state index contributed by atoms with van der Waals surface area (Å²) in [5.41, 5.74) is 0.460. The van der Waals surface area contributed by atoms with Gasteiger partial charge in [0.25, 0.3) is 11.8 Å². The van der Waals surface area contributed by atoms with Crippen LogP contribution in [-0.4, -0.2) is 35.9 Å². The average Bonchev–Trinajstić information content (AvgIpc) is 3.15. The van der Waals surface area contributed by atoms with Crippen LogP contribution in [0.15, 0.2) is 34.9 Å². The van der Waals surface area contributed by atoms with Gasteiger partial charge in [-0.05, 0) is 30.7 Å². The van der Waals surface area contributed by atoms with Crippen molar-refractivity contribution in [1.29, 1.82) is 0 Å². The van der Waals surface area contributed by atoms with Crippen molar-refractivity contribution in [1.82, 2.24) is 10.2 Å². The third kappa shape index (κ3) is 4.75. The van der Waals surface area contributed by atoms with E-state index in [0.29, 0.717) is 31.1 Å². The molecule has 1 aliphatic heterocycles. The fourth-order valence-corrected chi connectivity index (χ4v) is 2.27. The van der Waals surface area contributed by atoms with Crippen molar-refractivity contribution < 1.29 is 23.4 Å². The largest absolute Gasteiger partial charge is 0.494 e. The standard InChI is InChI=1S/C18H21N3O5/c1-2-3-4-9-24-14-7-5-13(6-8-14)16(22)19-18-21-20-17(26-18)15-12-23-10-11-25-15/h5-8,12H,2-4,9-11H2,1H3,(H,19,21,22). The predicted octanol–water partition coefficient (Wildman–Crippen LogP) is 3.24. The summed E-state index contributed by atoms with van der Waals surface area (Å²) in [5, 5.41) is 10.2. The minimum absolute atomic E-state index is 0.0139. The van der Waals surface area contributed by atoms with Crippen LogP contribution in [0.25, 0.3) is 5.76 Å². The maximum Gasteiger partial charge on any atom is 0.322 e. The number of nitrogens with one attached hydrogen (secondary N) is 1. The predicted molar refractivity (Wildman–Crippen MR) is 93.6 cm³/mol. The molecule has 8 heteroatoms. The lowest BCUT2D eigenvalue weighted by molar-refractivity contribution is 0.102. The molecule has 0 atom stereocenters. The summed E-state index contributed by atoms with van der Waals surface area (Å²) in [6.45, 7) is 3.70. The third-order valence-electron chi connectivity index (χ3n) is 3.64. The summed E-state index contributed by atoms with van der Waals surface area (Å²) in [7, 11) is 0. The molecule has 26 heavy (non-hydrogen) atoms. The normalized spacial score (nSPS) is 13.3. The lowest BCUT2D eigenvalue weighted by Crippen LogP contribution is -2.12. The van der Waals surface area contributed by atoms with Gasteiger partial charge in [0.2, 0.25) is 5.76 Å². The van der Waals surface area contributed by atoms with Gasteiger partial charge in [0, 0.05) is 5.56 Å². The monoisotopic (exact) mass is 359 g/mol. The number of ether oxygens (including phenoxy) is 3. The van der Waals surface area contributed by atoms with Gasteiger partial charge >= 0.3 is 6.01 Å². The Morgan fingerprint density at radius 2 is 2.04 bits per heavy atom. The maximum absolute atomic E-state index is 12.3. The number of nitrogens with zero attached hydrogens (tertiary/aromatic N) is 2. The minimum Gasteiger partial charge on any atom is -0.494 e. The Bertz CT molecular complexity index is 754. The summed E-state index contributed by atoms with van der Waals surface area (Å²) < 4.78 is 21.5. The van der Waals surface area contributed by atoms with E-state index in [1.165, 1.54) is 6.26 Å². The minimum atomic E-state index is -0.354. The van der Waals surface area contributed by atoms with Crippen LogP contribution in [0, 0.1) is 0 Å². The van der Waals surface area contributed by atoms with E-state index in [2.05, 4.69) is 22.4 Å². The van der Waals surface area contributed by atoms with E-state index in [1.807, 2.05) is 0 Å². The molecule has 0 saturated carbocycles. The lowest BCUT2D eigenvalue weighted by atomic mass is 10.2. The number of anilines is 1. The molecular weight excluding hydrogens is 338 g/mol. The third-order valence-corrected chi connectivity index (χ3v) is 3.64. The van der Waals surface area contributed by atoms with Gasteiger partial charge in [-0.2, -0.15) is 0 Å². The van der Waals surface area contributed by atoms with Gasteiger partial charge in [-0.3, -0.25) is 10.1 Å². The molecule has 1 aliphatic rings. The highest BCUT2D eigenvalue weighted by Crippen LogP contribution is 2.20. The summed E-state index contributed by atoms with van der Waals surface area (Å²) >= 11 is 0. The van der Waals surface area contributed by atoms with Gasteiger partial charge in [0.05, 0.1) is 6.61 Å². The van der Waals surface area contributed by atoms with E-state index < -0.39 is 0 Å². The van der Waals surface area contributed by atoms with E-state index in [9.17, 15) is 4.79 Å². The molecule has 0 radical (unpaired) electrons. The Balaban J connectivity index is 1.54. The molecule has 0 spiro atoms. The van der Waals surface area contributed by atoms with Gasteiger partial charge in [-0.15, -0.1) is 5.10 Å². The van der Waals surface area contributed by atoms with Gasteiger partial charge in [-0.25, -0.2) is 0 Å². The topological polar surface area (TPSA) is 95.7 Å². The van der Waals surface area contributed by atoms with Crippen LogP contribution in [0.2, 0.25) is 0 Å². The SMILES string of the molecule is CCCCCOc1ccc(C(=O)Nc2nnc(C3=COCCO3)o2)cc1. The second kappa shape index (κ2) is 8.89. The number of carbonyl (C=O) groups is 1. The highest BCUT2D eigenvalue weighted by Gasteiger charge is 2.17. The van der Waals surface area contributed by atoms with Crippen LogP contribution in [0.5, 0.6) is 5.75 Å². The Hall–Kier alpha value is -3.03. The number of hydrogen-bond donors (Lipinski definition) is 1. The summed E-state index contributed by atoms with van der Waals surface area (Å²) in [4.78, 5) is 12.3. The molecule has 2 aromatic rings. The molecular formula is C18H21N3O5. The molecule has 2 heterocycles. The first-order valence-corrected chi connectivity index (χ1v) is 8.59. The summed E-state index contributed by atoms with van der Waals surface area (Å²) in [6.07, 6.45) is 4.71. The number of aromatic nitrogens is 2. The molecule has 0 bridgehead atoms. The number of rotatable bonds is 8. The fraction of sp³-hybridized carbons (Fsp3) is 0.389. The Morgan fingerprint density at radius 1 is 1.19 bits per heavy atom. The van der Waals surface area contributed by atoms with E-state index in [0.717, 1.165) is 25.0 Å². The zero-order valence-corrected chi connectivity index (χ0v) is 14.6. The molecule has 0 fully saturated rings. The average molecular weight is 359 g/mol. The van der Waals surface area contributed by atoms with Crippen LogP contribution < -0.4 is 10.1 Å². The Morgan fingerprint density at radius 3 is 2.77 bits per heavy atom. The van der Waals surface area contributed by atoms with Crippen molar-refractivity contribution in [2.75, 3.05) is 25.1 Å². The van der Waals surface area contributed by atoms with E-state index >= 15 is 0 Å². The van der Waals surface area contributed by atoms with Gasteiger partial charge in [0.1, 0.15) is 25.2 Å². The quantitative estimate of drug-likeness (QED) is 0.723. The number of amides is 1. The maximum atomic E-state index is 12.3. The molecule has 0 aliphatic carbocycles. The van der Waals surface area contributed by atoms with Crippen molar-refractivity contribution in [2.45, 2.75) is 26.2 Å². The molecule has 1 aromatic heterocycles.